The summed E-state index contributed by atoms with van der Waals surface area (Å²) in [5.41, 5.74) is 1.77. The minimum atomic E-state index is -3.75. The number of esters is 1. The van der Waals surface area contributed by atoms with Gasteiger partial charge in [-0.15, -0.1) is 0 Å². The minimum absolute atomic E-state index is 0.263. The highest BCUT2D eigenvalue weighted by atomic mass is 35.5. The molecule has 2 aromatic carbocycles. The summed E-state index contributed by atoms with van der Waals surface area (Å²) in [4.78, 5) is 24.6. The molecule has 7 nitrogen and oxygen atoms in total. The molecule has 0 aliphatic rings. The van der Waals surface area contributed by atoms with Gasteiger partial charge in [-0.25, -0.2) is 13.2 Å². The first-order chi connectivity index (χ1) is 13.5. The lowest BCUT2D eigenvalue weighted by Gasteiger charge is -2.28. The maximum absolute atomic E-state index is 12.8. The third-order valence-corrected chi connectivity index (χ3v) is 5.62. The molecular weight excluding hydrogens is 416 g/mol. The molecule has 29 heavy (non-hydrogen) atoms. The second-order valence-electron chi connectivity index (χ2n) is 6.45. The van der Waals surface area contributed by atoms with Crippen molar-refractivity contribution in [3.8, 4) is 0 Å². The number of hydrogen-bond donors (Lipinski definition) is 1. The van der Waals surface area contributed by atoms with E-state index >= 15 is 0 Å². The maximum Gasteiger partial charge on any atom is 0.338 e. The second-order valence-corrected chi connectivity index (χ2v) is 8.75. The average Bonchev–Trinajstić information content (AvgIpc) is 2.62. The van der Waals surface area contributed by atoms with E-state index in [9.17, 15) is 18.0 Å². The molecule has 0 fully saturated rings. The van der Waals surface area contributed by atoms with E-state index in [0.717, 1.165) is 10.6 Å². The predicted octanol–water partition coefficient (Wildman–Crippen LogP) is 3.62. The van der Waals surface area contributed by atoms with Gasteiger partial charge in [0.25, 0.3) is 0 Å². The average molecular weight is 439 g/mol. The highest BCUT2D eigenvalue weighted by Crippen LogP contribution is 2.25. The number of anilines is 2. The molecule has 0 aliphatic carbocycles. The van der Waals surface area contributed by atoms with Crippen LogP contribution in [0.15, 0.2) is 42.5 Å². The fraction of sp³-hybridized carbons (Fsp3) is 0.300. The normalized spacial score (nSPS) is 12.2. The van der Waals surface area contributed by atoms with Crippen LogP contribution in [0.3, 0.4) is 0 Å². The highest BCUT2D eigenvalue weighted by Gasteiger charge is 2.29. The highest BCUT2D eigenvalue weighted by molar-refractivity contribution is 7.92. The number of rotatable bonds is 7. The number of aryl methyl sites for hydroxylation is 1. The monoisotopic (exact) mass is 438 g/mol. The van der Waals surface area contributed by atoms with Gasteiger partial charge < -0.3 is 10.1 Å². The summed E-state index contributed by atoms with van der Waals surface area (Å²) in [6.07, 6.45) is 1.02. The van der Waals surface area contributed by atoms with Gasteiger partial charge >= 0.3 is 5.97 Å². The van der Waals surface area contributed by atoms with Crippen LogP contribution in [0.1, 0.15) is 29.8 Å². The maximum atomic E-state index is 12.8. The van der Waals surface area contributed by atoms with Crippen molar-refractivity contribution in [1.29, 1.82) is 0 Å². The zero-order chi connectivity index (χ0) is 21.8. The van der Waals surface area contributed by atoms with Crippen molar-refractivity contribution in [3.05, 3.63) is 58.6 Å². The summed E-state index contributed by atoms with van der Waals surface area (Å²) >= 11 is 5.98. The van der Waals surface area contributed by atoms with Gasteiger partial charge in [0.2, 0.25) is 15.9 Å². The van der Waals surface area contributed by atoms with Gasteiger partial charge in [-0.3, -0.25) is 9.10 Å². The fourth-order valence-electron chi connectivity index (χ4n) is 2.80. The minimum Gasteiger partial charge on any atom is -0.462 e. The summed E-state index contributed by atoms with van der Waals surface area (Å²) in [6.45, 7) is 5.20. The van der Waals surface area contributed by atoms with Crippen molar-refractivity contribution in [3.63, 3.8) is 0 Å². The molecular formula is C20H23ClN2O5S. The van der Waals surface area contributed by atoms with Crippen LogP contribution in [0.25, 0.3) is 0 Å². The zero-order valence-electron chi connectivity index (χ0n) is 16.6. The molecule has 1 N–H and O–H groups in total. The SMILES string of the molecule is CCOC(=O)c1ccc(NC(=O)[C@H](C)N(c2cccc(Cl)c2)S(C)(=O)=O)c(C)c1. The topological polar surface area (TPSA) is 92.8 Å². The lowest BCUT2D eigenvalue weighted by molar-refractivity contribution is -0.116. The van der Waals surface area contributed by atoms with Gasteiger partial charge in [0.15, 0.2) is 0 Å². The number of nitrogens with zero attached hydrogens (tertiary/aromatic N) is 1. The van der Waals surface area contributed by atoms with E-state index in [4.69, 9.17) is 16.3 Å². The van der Waals surface area contributed by atoms with Crippen LogP contribution in [0.4, 0.5) is 11.4 Å². The summed E-state index contributed by atoms with van der Waals surface area (Å²) < 4.78 is 30.7. The lowest BCUT2D eigenvalue weighted by atomic mass is 10.1. The van der Waals surface area contributed by atoms with Crippen LogP contribution in [-0.4, -0.2) is 39.2 Å². The van der Waals surface area contributed by atoms with Crippen molar-refractivity contribution in [2.24, 2.45) is 0 Å². The Labute approximate surface area is 175 Å². The molecule has 0 bridgehead atoms. The molecule has 2 rings (SSSR count). The van der Waals surface area contributed by atoms with Crippen LogP contribution in [-0.2, 0) is 19.6 Å². The van der Waals surface area contributed by atoms with Gasteiger partial charge in [0.05, 0.1) is 24.1 Å². The smallest absolute Gasteiger partial charge is 0.338 e. The molecule has 0 radical (unpaired) electrons. The number of carbonyl (C=O) groups excluding carboxylic acids is 2. The van der Waals surface area contributed by atoms with Crippen LogP contribution in [0.5, 0.6) is 0 Å². The van der Waals surface area contributed by atoms with Crippen molar-refractivity contribution >= 4 is 44.9 Å². The van der Waals surface area contributed by atoms with Gasteiger partial charge in [-0.1, -0.05) is 17.7 Å². The van der Waals surface area contributed by atoms with E-state index in [1.807, 2.05) is 0 Å². The molecule has 0 aliphatic heterocycles. The Balaban J connectivity index is 2.27. The van der Waals surface area contributed by atoms with Crippen LogP contribution >= 0.6 is 11.6 Å². The molecule has 0 unspecified atom stereocenters. The van der Waals surface area contributed by atoms with E-state index in [0.29, 0.717) is 21.8 Å². The number of hydrogen-bond acceptors (Lipinski definition) is 5. The van der Waals surface area contributed by atoms with E-state index in [1.165, 1.54) is 19.1 Å². The summed E-state index contributed by atoms with van der Waals surface area (Å²) in [6, 6.07) is 9.95. The molecule has 1 amide bonds. The Morgan fingerprint density at radius 2 is 1.90 bits per heavy atom. The third kappa shape index (κ3) is 5.71. The Morgan fingerprint density at radius 3 is 2.45 bits per heavy atom. The Bertz CT molecular complexity index is 1020. The van der Waals surface area contributed by atoms with Crippen molar-refractivity contribution in [2.45, 2.75) is 26.8 Å². The predicted molar refractivity (Wildman–Crippen MR) is 114 cm³/mol. The van der Waals surface area contributed by atoms with E-state index in [-0.39, 0.29) is 12.3 Å². The first kappa shape index (κ1) is 22.7. The zero-order valence-corrected chi connectivity index (χ0v) is 18.2. The number of amides is 1. The molecule has 0 saturated heterocycles. The van der Waals surface area contributed by atoms with Crippen LogP contribution in [0, 0.1) is 6.92 Å². The molecule has 156 valence electrons. The molecule has 1 atom stereocenters. The number of halogens is 1. The summed E-state index contributed by atoms with van der Waals surface area (Å²) in [5, 5.41) is 3.07. The number of sulfonamides is 1. The van der Waals surface area contributed by atoms with Crippen LogP contribution in [0.2, 0.25) is 5.02 Å². The Kier molecular flexibility index (Phi) is 7.26. The first-order valence-corrected chi connectivity index (χ1v) is 11.1. The second kappa shape index (κ2) is 9.28. The van der Waals surface area contributed by atoms with Gasteiger partial charge in [-0.2, -0.15) is 0 Å². The Hall–Kier alpha value is -2.58. The van der Waals surface area contributed by atoms with Crippen LogP contribution < -0.4 is 9.62 Å². The first-order valence-electron chi connectivity index (χ1n) is 8.88. The number of ether oxygens (including phenoxy) is 1. The molecule has 0 saturated carbocycles. The largest absolute Gasteiger partial charge is 0.462 e. The van der Waals surface area contributed by atoms with Crippen molar-refractivity contribution in [2.75, 3.05) is 22.5 Å². The van der Waals surface area contributed by atoms with E-state index < -0.39 is 27.9 Å². The molecule has 2 aromatic rings. The van der Waals surface area contributed by atoms with Gasteiger partial charge in [-0.05, 0) is 62.7 Å². The number of benzene rings is 2. The molecule has 0 aromatic heterocycles. The van der Waals surface area contributed by atoms with Crippen molar-refractivity contribution in [1.82, 2.24) is 0 Å². The number of nitrogens with one attached hydrogen (secondary N) is 1. The van der Waals surface area contributed by atoms with E-state index in [1.54, 1.807) is 44.2 Å². The van der Waals surface area contributed by atoms with E-state index in [2.05, 4.69) is 5.32 Å². The summed E-state index contributed by atoms with van der Waals surface area (Å²) in [5.74, 6) is -0.978. The fourth-order valence-corrected chi connectivity index (χ4v) is 4.16. The lowest BCUT2D eigenvalue weighted by Crippen LogP contribution is -2.45. The molecule has 0 spiro atoms. The molecule has 9 heteroatoms. The van der Waals surface area contributed by atoms with Crippen molar-refractivity contribution < 1.29 is 22.7 Å². The molecule has 0 heterocycles. The third-order valence-electron chi connectivity index (χ3n) is 4.15. The summed E-state index contributed by atoms with van der Waals surface area (Å²) in [7, 11) is -3.75. The Morgan fingerprint density at radius 1 is 1.21 bits per heavy atom. The van der Waals surface area contributed by atoms with Gasteiger partial charge in [0.1, 0.15) is 6.04 Å². The van der Waals surface area contributed by atoms with Gasteiger partial charge in [0, 0.05) is 10.7 Å². The quantitative estimate of drug-likeness (QED) is 0.666. The number of carbonyl (C=O) groups is 2. The standard InChI is InChI=1S/C20H23ClN2O5S/c1-5-28-20(25)15-9-10-18(13(2)11-15)22-19(24)14(3)23(29(4,26)27)17-8-6-7-16(21)12-17/h6-12,14H,5H2,1-4H3,(H,22,24)/t14-/m0/s1.